The Morgan fingerprint density at radius 2 is 2.02 bits per heavy atom. The van der Waals surface area contributed by atoms with Crippen LogP contribution in [0.25, 0.3) is 27.7 Å². The van der Waals surface area contributed by atoms with Crippen LogP contribution in [0, 0.1) is 18.6 Å². The lowest BCUT2D eigenvalue weighted by Gasteiger charge is -2.43. The van der Waals surface area contributed by atoms with E-state index in [4.69, 9.17) is 0 Å². The molecular weight excluding hydrogens is 554 g/mol. The number of anilines is 2. The summed E-state index contributed by atoms with van der Waals surface area (Å²) in [6.45, 7) is 10.8. The number of nitrogens with zero attached hydrogens (tertiary/aromatic N) is 5. The summed E-state index contributed by atoms with van der Waals surface area (Å²) in [6, 6.07) is 6.78. The Hall–Kier alpha value is -4.80. The van der Waals surface area contributed by atoms with Crippen molar-refractivity contribution in [3.63, 3.8) is 0 Å². The number of carbonyl (C=O) groups is 1. The molecule has 1 saturated heterocycles. The number of fused-ring (bicyclic) bond motifs is 2. The Kier molecular flexibility index (Phi) is 7.11. The molecule has 1 unspecified atom stereocenters. The highest BCUT2D eigenvalue weighted by molar-refractivity contribution is 6.04. The normalized spacial score (nSPS) is 16.5. The van der Waals surface area contributed by atoms with Gasteiger partial charge >= 0.3 is 5.69 Å². The van der Waals surface area contributed by atoms with Gasteiger partial charge in [0.05, 0.1) is 33.5 Å². The fourth-order valence-electron chi connectivity index (χ4n) is 6.26. The largest absolute Gasteiger partial charge is 0.507 e. The van der Waals surface area contributed by atoms with Gasteiger partial charge in [-0.05, 0) is 55.2 Å². The first-order chi connectivity index (χ1) is 20.6. The third-order valence-corrected chi connectivity index (χ3v) is 8.31. The molecule has 9 nitrogen and oxygen atoms in total. The number of amides is 1. The third-order valence-electron chi connectivity index (χ3n) is 8.31. The molecule has 2 aliphatic heterocycles. The fraction of sp³-hybridized carbons (Fsp3) is 0.312. The van der Waals surface area contributed by atoms with Crippen molar-refractivity contribution in [2.24, 2.45) is 0 Å². The Morgan fingerprint density at radius 3 is 2.74 bits per heavy atom. The van der Waals surface area contributed by atoms with Crippen molar-refractivity contribution in [1.29, 1.82) is 0 Å². The van der Waals surface area contributed by atoms with Gasteiger partial charge in [0.1, 0.15) is 17.4 Å². The number of piperazine rings is 1. The van der Waals surface area contributed by atoms with Gasteiger partial charge in [0.25, 0.3) is 0 Å². The standard InChI is InChI=1S/C32H32F2N6O3/c1-5-24(42)38-13-14-39-19(16-38)10-12-36-29-26-22(15-20(27(29)34)25-21(33)7-6-8-23(25)41)40(32(43)37-31(26)39)30-18(4)9-11-35-28(30)17(2)3/h5-9,11,15,17,19,36,41H,1,10,12-14,16H2,2-4H3. The average Bonchev–Trinajstić information content (AvgIpc) is 2.97. The molecule has 0 spiro atoms. The van der Waals surface area contributed by atoms with E-state index < -0.39 is 23.1 Å². The van der Waals surface area contributed by atoms with Crippen molar-refractivity contribution in [2.45, 2.75) is 39.2 Å². The molecule has 222 valence electrons. The molecule has 1 amide bonds. The van der Waals surface area contributed by atoms with Crippen LogP contribution in [0.5, 0.6) is 5.75 Å². The van der Waals surface area contributed by atoms with Crippen LogP contribution < -0.4 is 15.9 Å². The molecule has 1 atom stereocenters. The molecule has 0 aliphatic carbocycles. The number of aromatic nitrogens is 3. The van der Waals surface area contributed by atoms with Crippen LogP contribution in [0.4, 0.5) is 20.3 Å². The summed E-state index contributed by atoms with van der Waals surface area (Å²) < 4.78 is 33.2. The van der Waals surface area contributed by atoms with Crippen LogP contribution >= 0.6 is 0 Å². The summed E-state index contributed by atoms with van der Waals surface area (Å²) in [6.07, 6.45) is 3.47. The Morgan fingerprint density at radius 1 is 1.23 bits per heavy atom. The Bertz CT molecular complexity index is 1830. The molecular formula is C32H32F2N6O3. The van der Waals surface area contributed by atoms with Crippen molar-refractivity contribution in [2.75, 3.05) is 36.4 Å². The molecule has 4 aromatic rings. The quantitative estimate of drug-likeness (QED) is 0.329. The highest BCUT2D eigenvalue weighted by Gasteiger charge is 2.35. The zero-order chi connectivity index (χ0) is 30.6. The highest BCUT2D eigenvalue weighted by atomic mass is 19.1. The molecule has 43 heavy (non-hydrogen) atoms. The van der Waals surface area contributed by atoms with Crippen LogP contribution in [0.3, 0.4) is 0 Å². The number of rotatable bonds is 4. The predicted molar refractivity (Wildman–Crippen MR) is 162 cm³/mol. The molecule has 2 N–H and O–H groups in total. The molecule has 2 aromatic carbocycles. The van der Waals surface area contributed by atoms with Gasteiger partial charge in [0.15, 0.2) is 5.82 Å². The minimum atomic E-state index is -0.803. The minimum absolute atomic E-state index is 0.0575. The number of benzene rings is 2. The van der Waals surface area contributed by atoms with Gasteiger partial charge in [-0.15, -0.1) is 0 Å². The maximum atomic E-state index is 16.6. The summed E-state index contributed by atoms with van der Waals surface area (Å²) in [4.78, 5) is 39.3. The lowest BCUT2D eigenvalue weighted by molar-refractivity contribution is -0.126. The topological polar surface area (TPSA) is 104 Å². The van der Waals surface area contributed by atoms with E-state index in [9.17, 15) is 14.7 Å². The van der Waals surface area contributed by atoms with Gasteiger partial charge in [-0.3, -0.25) is 14.3 Å². The predicted octanol–water partition coefficient (Wildman–Crippen LogP) is 4.88. The zero-order valence-electron chi connectivity index (χ0n) is 24.2. The minimum Gasteiger partial charge on any atom is -0.507 e. The van der Waals surface area contributed by atoms with Gasteiger partial charge in [0.2, 0.25) is 5.91 Å². The molecule has 6 rings (SSSR count). The average molecular weight is 587 g/mol. The molecule has 2 aromatic heterocycles. The van der Waals surface area contributed by atoms with E-state index in [2.05, 4.69) is 21.9 Å². The maximum Gasteiger partial charge on any atom is 0.354 e. The number of phenolic OH excluding ortho intramolecular Hbond substituents is 1. The third kappa shape index (κ3) is 4.59. The second-order valence-corrected chi connectivity index (χ2v) is 11.3. The molecule has 0 saturated carbocycles. The van der Waals surface area contributed by atoms with Gasteiger partial charge in [-0.1, -0.05) is 26.5 Å². The molecule has 11 heteroatoms. The summed E-state index contributed by atoms with van der Waals surface area (Å²) in [7, 11) is 0. The summed E-state index contributed by atoms with van der Waals surface area (Å²) in [5.74, 6) is -1.97. The fourth-order valence-corrected chi connectivity index (χ4v) is 6.26. The monoisotopic (exact) mass is 586 g/mol. The Balaban J connectivity index is 1.72. The van der Waals surface area contributed by atoms with E-state index in [0.29, 0.717) is 54.9 Å². The molecule has 2 aliphatic rings. The lowest BCUT2D eigenvalue weighted by atomic mass is 9.97. The summed E-state index contributed by atoms with van der Waals surface area (Å²) >= 11 is 0. The van der Waals surface area contributed by atoms with Crippen molar-refractivity contribution < 1.29 is 18.7 Å². The molecule has 1 fully saturated rings. The van der Waals surface area contributed by atoms with Gasteiger partial charge in [-0.2, -0.15) is 4.98 Å². The van der Waals surface area contributed by atoms with Gasteiger partial charge in [0, 0.05) is 44.0 Å². The first-order valence-electron chi connectivity index (χ1n) is 14.3. The van der Waals surface area contributed by atoms with Crippen LogP contribution in [0.2, 0.25) is 0 Å². The molecule has 4 heterocycles. The number of phenols is 1. The second-order valence-electron chi connectivity index (χ2n) is 11.3. The van der Waals surface area contributed by atoms with Crippen molar-refractivity contribution in [3.05, 3.63) is 82.6 Å². The van der Waals surface area contributed by atoms with E-state index in [1.54, 1.807) is 17.2 Å². The van der Waals surface area contributed by atoms with Gasteiger partial charge < -0.3 is 20.2 Å². The van der Waals surface area contributed by atoms with E-state index in [1.165, 1.54) is 28.8 Å². The molecule has 0 bridgehead atoms. The number of hydrogen-bond donors (Lipinski definition) is 2. The first-order valence-corrected chi connectivity index (χ1v) is 14.3. The number of pyridine rings is 1. The number of carbonyl (C=O) groups excluding carboxylic acids is 1. The maximum absolute atomic E-state index is 16.6. The molecule has 0 radical (unpaired) electrons. The van der Waals surface area contributed by atoms with Crippen molar-refractivity contribution in [3.8, 4) is 22.6 Å². The smallest absolute Gasteiger partial charge is 0.354 e. The number of nitrogens with one attached hydrogen (secondary N) is 1. The van der Waals surface area contributed by atoms with Crippen LogP contribution in [-0.2, 0) is 4.79 Å². The number of aromatic hydroxyl groups is 1. The summed E-state index contributed by atoms with van der Waals surface area (Å²) in [5, 5.41) is 14.2. The van der Waals surface area contributed by atoms with Gasteiger partial charge in [-0.25, -0.2) is 13.6 Å². The van der Waals surface area contributed by atoms with Crippen LogP contribution in [0.1, 0.15) is 37.4 Å². The van der Waals surface area contributed by atoms with E-state index >= 15 is 8.78 Å². The van der Waals surface area contributed by atoms with E-state index in [-0.39, 0.29) is 40.5 Å². The van der Waals surface area contributed by atoms with Crippen molar-refractivity contribution in [1.82, 2.24) is 19.4 Å². The van der Waals surface area contributed by atoms with Crippen molar-refractivity contribution >= 4 is 28.3 Å². The SMILES string of the molecule is C=CC(=O)N1CCN2c3nc(=O)n(-c4c(C)ccnc4C(C)C)c4cc(-c5c(O)cccc5F)c(F)c(c34)NCCC2C1. The highest BCUT2D eigenvalue weighted by Crippen LogP contribution is 2.44. The Labute approximate surface area is 247 Å². The first kappa shape index (κ1) is 28.3. The van der Waals surface area contributed by atoms with E-state index in [0.717, 1.165) is 11.6 Å². The summed E-state index contributed by atoms with van der Waals surface area (Å²) in [5.41, 5.74) is 1.17. The van der Waals surface area contributed by atoms with Crippen LogP contribution in [0.15, 0.2) is 54.0 Å². The number of hydrogen-bond acceptors (Lipinski definition) is 7. The zero-order valence-corrected chi connectivity index (χ0v) is 24.2. The number of halogens is 2. The van der Waals surface area contributed by atoms with E-state index in [1.807, 2.05) is 25.7 Å². The van der Waals surface area contributed by atoms with Crippen LogP contribution in [-0.4, -0.2) is 62.7 Å². The number of aryl methyl sites for hydroxylation is 1. The second kappa shape index (κ2) is 10.8. The lowest BCUT2D eigenvalue weighted by Crippen LogP contribution is -2.56.